The third-order valence-corrected chi connectivity index (χ3v) is 5.83. The minimum absolute atomic E-state index is 0.269. The number of methoxy groups -OCH3 is 1. The standard InChI is InChI=1S/C23H25N9O2/c1-34-18-4-2-17(3-5-18)30-10-12-31(13-11-30)21-19-14-29-32(22(19)28-16-27-21)9-8-26-23(33)20-15-24-6-7-25-20/h2-7,14-16H,8-13H2,1H3,(H,26,33). The van der Waals surface area contributed by atoms with Crippen LogP contribution in [0.5, 0.6) is 5.75 Å². The Labute approximate surface area is 196 Å². The summed E-state index contributed by atoms with van der Waals surface area (Å²) in [4.78, 5) is 33.7. The molecule has 4 aromatic rings. The molecule has 0 aliphatic carbocycles. The minimum atomic E-state index is -0.269. The summed E-state index contributed by atoms with van der Waals surface area (Å²) in [6, 6.07) is 8.15. The highest BCUT2D eigenvalue weighted by Gasteiger charge is 2.21. The summed E-state index contributed by atoms with van der Waals surface area (Å²) in [5.41, 5.74) is 2.21. The number of nitrogens with zero attached hydrogens (tertiary/aromatic N) is 8. The number of fused-ring (bicyclic) bond motifs is 1. The Morgan fingerprint density at radius 3 is 2.53 bits per heavy atom. The SMILES string of the molecule is COc1ccc(N2CCN(c3ncnc4c3cnn4CCNC(=O)c3cnccn3)CC2)cc1. The summed E-state index contributed by atoms with van der Waals surface area (Å²) in [6.45, 7) is 4.35. The van der Waals surface area contributed by atoms with Crippen LogP contribution in [0.1, 0.15) is 10.5 Å². The molecule has 4 heterocycles. The Bertz CT molecular complexity index is 1250. The van der Waals surface area contributed by atoms with Crippen LogP contribution in [-0.4, -0.2) is 75.5 Å². The maximum Gasteiger partial charge on any atom is 0.271 e. The number of amides is 1. The van der Waals surface area contributed by atoms with Gasteiger partial charge >= 0.3 is 0 Å². The molecule has 3 aromatic heterocycles. The summed E-state index contributed by atoms with van der Waals surface area (Å²) in [5.74, 6) is 1.47. The first-order chi connectivity index (χ1) is 16.7. The zero-order valence-electron chi connectivity index (χ0n) is 18.8. The molecule has 1 fully saturated rings. The normalized spacial score (nSPS) is 13.8. The summed E-state index contributed by atoms with van der Waals surface area (Å²) < 4.78 is 7.04. The van der Waals surface area contributed by atoms with Crippen molar-refractivity contribution in [3.05, 3.63) is 61.1 Å². The number of rotatable bonds is 7. The van der Waals surface area contributed by atoms with Crippen molar-refractivity contribution in [1.29, 1.82) is 0 Å². The number of aromatic nitrogens is 6. The highest BCUT2D eigenvalue weighted by atomic mass is 16.5. The molecule has 1 amide bonds. The molecule has 1 aliphatic heterocycles. The average molecular weight is 460 g/mol. The molecule has 0 saturated carbocycles. The number of benzene rings is 1. The summed E-state index contributed by atoms with van der Waals surface area (Å²) in [5, 5.41) is 8.23. The van der Waals surface area contributed by atoms with Crippen molar-refractivity contribution in [2.75, 3.05) is 49.6 Å². The lowest BCUT2D eigenvalue weighted by Crippen LogP contribution is -2.46. The van der Waals surface area contributed by atoms with E-state index < -0.39 is 0 Å². The number of anilines is 2. The number of carbonyl (C=O) groups is 1. The second-order valence-corrected chi connectivity index (χ2v) is 7.82. The first kappa shape index (κ1) is 21.6. The van der Waals surface area contributed by atoms with E-state index in [0.717, 1.165) is 48.8 Å². The van der Waals surface area contributed by atoms with Crippen molar-refractivity contribution < 1.29 is 9.53 Å². The Morgan fingerprint density at radius 2 is 1.79 bits per heavy atom. The van der Waals surface area contributed by atoms with Crippen LogP contribution in [0.4, 0.5) is 11.5 Å². The molecule has 34 heavy (non-hydrogen) atoms. The van der Waals surface area contributed by atoms with Crippen molar-refractivity contribution in [1.82, 2.24) is 35.0 Å². The Hall–Kier alpha value is -4.28. The molecule has 1 aliphatic rings. The van der Waals surface area contributed by atoms with E-state index in [-0.39, 0.29) is 11.6 Å². The van der Waals surface area contributed by atoms with Crippen LogP contribution in [0, 0.1) is 0 Å². The molecule has 0 atom stereocenters. The lowest BCUT2D eigenvalue weighted by molar-refractivity contribution is 0.0946. The van der Waals surface area contributed by atoms with Gasteiger partial charge < -0.3 is 19.9 Å². The van der Waals surface area contributed by atoms with Crippen LogP contribution in [0.2, 0.25) is 0 Å². The first-order valence-corrected chi connectivity index (χ1v) is 11.1. The molecule has 0 spiro atoms. The van der Waals surface area contributed by atoms with E-state index in [2.05, 4.69) is 52.3 Å². The maximum absolute atomic E-state index is 12.2. The third kappa shape index (κ3) is 4.45. The van der Waals surface area contributed by atoms with Crippen LogP contribution in [0.25, 0.3) is 11.0 Å². The molecule has 1 aromatic carbocycles. The lowest BCUT2D eigenvalue weighted by Gasteiger charge is -2.36. The lowest BCUT2D eigenvalue weighted by atomic mass is 10.2. The van der Waals surface area contributed by atoms with Crippen molar-refractivity contribution in [2.24, 2.45) is 0 Å². The van der Waals surface area contributed by atoms with E-state index in [1.165, 1.54) is 24.3 Å². The molecule has 5 rings (SSSR count). The van der Waals surface area contributed by atoms with Crippen LogP contribution < -0.4 is 19.9 Å². The molecule has 0 radical (unpaired) electrons. The van der Waals surface area contributed by atoms with Gasteiger partial charge in [-0.3, -0.25) is 9.78 Å². The van der Waals surface area contributed by atoms with E-state index in [1.54, 1.807) is 24.3 Å². The number of carbonyl (C=O) groups excluding carboxylic acids is 1. The number of nitrogens with one attached hydrogen (secondary N) is 1. The molecular formula is C23H25N9O2. The third-order valence-electron chi connectivity index (χ3n) is 5.83. The van der Waals surface area contributed by atoms with Gasteiger partial charge in [0.1, 0.15) is 23.6 Å². The summed E-state index contributed by atoms with van der Waals surface area (Å²) in [7, 11) is 1.67. The molecule has 1 N–H and O–H groups in total. The van der Waals surface area contributed by atoms with Gasteiger partial charge in [0.25, 0.3) is 5.91 Å². The topological polar surface area (TPSA) is 114 Å². The zero-order valence-corrected chi connectivity index (χ0v) is 18.8. The van der Waals surface area contributed by atoms with E-state index >= 15 is 0 Å². The summed E-state index contributed by atoms with van der Waals surface area (Å²) in [6.07, 6.45) is 7.83. The van der Waals surface area contributed by atoms with Gasteiger partial charge in [-0.1, -0.05) is 0 Å². The van der Waals surface area contributed by atoms with Gasteiger partial charge in [0.2, 0.25) is 0 Å². The van der Waals surface area contributed by atoms with Gasteiger partial charge in [-0.15, -0.1) is 0 Å². The fourth-order valence-electron chi connectivity index (χ4n) is 4.05. The van der Waals surface area contributed by atoms with Crippen LogP contribution in [0.15, 0.2) is 55.4 Å². The molecule has 11 heteroatoms. The van der Waals surface area contributed by atoms with E-state index in [4.69, 9.17) is 4.74 Å². The zero-order chi connectivity index (χ0) is 23.3. The minimum Gasteiger partial charge on any atom is -0.497 e. The number of hydrogen-bond acceptors (Lipinski definition) is 9. The Kier molecular flexibility index (Phi) is 6.15. The fourth-order valence-corrected chi connectivity index (χ4v) is 4.05. The largest absolute Gasteiger partial charge is 0.497 e. The monoisotopic (exact) mass is 459 g/mol. The maximum atomic E-state index is 12.2. The summed E-state index contributed by atoms with van der Waals surface area (Å²) >= 11 is 0. The smallest absolute Gasteiger partial charge is 0.271 e. The van der Waals surface area contributed by atoms with Gasteiger partial charge in [0, 0.05) is 50.8 Å². The Morgan fingerprint density at radius 1 is 1.00 bits per heavy atom. The molecule has 0 bridgehead atoms. The number of ether oxygens (including phenoxy) is 1. The van der Waals surface area contributed by atoms with Crippen LogP contribution in [-0.2, 0) is 6.54 Å². The van der Waals surface area contributed by atoms with Gasteiger partial charge in [-0.25, -0.2) is 19.6 Å². The highest BCUT2D eigenvalue weighted by molar-refractivity contribution is 5.91. The molecular weight excluding hydrogens is 434 g/mol. The van der Waals surface area contributed by atoms with Gasteiger partial charge in [0.15, 0.2) is 5.65 Å². The number of piperazine rings is 1. The molecule has 174 valence electrons. The van der Waals surface area contributed by atoms with Crippen LogP contribution >= 0.6 is 0 Å². The highest BCUT2D eigenvalue weighted by Crippen LogP contribution is 2.26. The molecule has 1 saturated heterocycles. The molecule has 0 unspecified atom stereocenters. The first-order valence-electron chi connectivity index (χ1n) is 11.1. The van der Waals surface area contributed by atoms with Crippen molar-refractivity contribution in [3.63, 3.8) is 0 Å². The van der Waals surface area contributed by atoms with Gasteiger partial charge in [-0.05, 0) is 24.3 Å². The molecule has 11 nitrogen and oxygen atoms in total. The predicted octanol–water partition coefficient (Wildman–Crippen LogP) is 1.38. The Balaban J connectivity index is 1.22. The van der Waals surface area contributed by atoms with Crippen LogP contribution in [0.3, 0.4) is 0 Å². The second-order valence-electron chi connectivity index (χ2n) is 7.82. The van der Waals surface area contributed by atoms with Crippen molar-refractivity contribution >= 4 is 28.4 Å². The van der Waals surface area contributed by atoms with E-state index in [1.807, 2.05) is 12.1 Å². The van der Waals surface area contributed by atoms with Gasteiger partial charge in [-0.2, -0.15) is 5.10 Å². The quantitative estimate of drug-likeness (QED) is 0.438. The predicted molar refractivity (Wildman–Crippen MR) is 127 cm³/mol. The van der Waals surface area contributed by atoms with Gasteiger partial charge in [0.05, 0.1) is 31.4 Å². The van der Waals surface area contributed by atoms with E-state index in [9.17, 15) is 4.79 Å². The fraction of sp³-hybridized carbons (Fsp3) is 0.304. The van der Waals surface area contributed by atoms with Crippen molar-refractivity contribution in [2.45, 2.75) is 6.54 Å². The average Bonchev–Trinajstić information content (AvgIpc) is 3.32. The van der Waals surface area contributed by atoms with E-state index in [0.29, 0.717) is 13.1 Å². The number of hydrogen-bond donors (Lipinski definition) is 1. The van der Waals surface area contributed by atoms with Crippen molar-refractivity contribution in [3.8, 4) is 5.75 Å². The second kappa shape index (κ2) is 9.69.